The van der Waals surface area contributed by atoms with Crippen molar-refractivity contribution in [2.75, 3.05) is 23.9 Å². The summed E-state index contributed by atoms with van der Waals surface area (Å²) in [6.45, 7) is 0.778. The zero-order valence-electron chi connectivity index (χ0n) is 9.77. The second-order valence-electron chi connectivity index (χ2n) is 4.51. The summed E-state index contributed by atoms with van der Waals surface area (Å²) >= 11 is 1.11. The maximum atomic E-state index is 11.5. The largest absolute Gasteiger partial charge is 0.382 e. The van der Waals surface area contributed by atoms with Crippen molar-refractivity contribution in [3.8, 4) is 0 Å². The summed E-state index contributed by atoms with van der Waals surface area (Å²) in [6.07, 6.45) is 6.13. The highest BCUT2D eigenvalue weighted by Crippen LogP contribution is 2.34. The fourth-order valence-electron chi connectivity index (χ4n) is 1.76. The van der Waals surface area contributed by atoms with Gasteiger partial charge >= 0.3 is 0 Å². The number of sulfone groups is 1. The number of nitrogens with two attached hydrogens (primary N) is 1. The number of nitrogen functional groups attached to an aromatic ring is 1. The van der Waals surface area contributed by atoms with E-state index < -0.39 is 9.84 Å². The minimum Gasteiger partial charge on any atom is -0.382 e. The third kappa shape index (κ3) is 3.32. The van der Waals surface area contributed by atoms with Crippen LogP contribution in [0, 0.1) is 5.92 Å². The van der Waals surface area contributed by atoms with E-state index in [2.05, 4.69) is 9.69 Å². The van der Waals surface area contributed by atoms with E-state index in [0.29, 0.717) is 5.00 Å². The first-order chi connectivity index (χ1) is 7.98. The zero-order valence-corrected chi connectivity index (χ0v) is 11.4. The lowest BCUT2D eigenvalue weighted by Crippen LogP contribution is -2.07. The molecule has 1 saturated carbocycles. The Labute approximate surface area is 105 Å². The van der Waals surface area contributed by atoms with Gasteiger partial charge in [-0.2, -0.15) is 4.37 Å². The molecular formula is C10H17N3O2S2. The lowest BCUT2D eigenvalue weighted by Gasteiger charge is -2.05. The Balaban J connectivity index is 1.95. The zero-order chi connectivity index (χ0) is 12.5. The molecule has 0 aliphatic heterocycles. The number of aromatic nitrogens is 1. The third-order valence-corrected chi connectivity index (χ3v) is 4.92. The van der Waals surface area contributed by atoms with Gasteiger partial charge in [0.05, 0.1) is 0 Å². The highest BCUT2D eigenvalue weighted by molar-refractivity contribution is 7.91. The quantitative estimate of drug-likeness (QED) is 0.772. The van der Waals surface area contributed by atoms with E-state index in [4.69, 9.17) is 5.73 Å². The first kappa shape index (κ1) is 12.6. The average molecular weight is 275 g/mol. The Hall–Kier alpha value is -0.820. The standard InChI is InChI=1S/C10H17N3O2S2/c1-17(14,15)8-9(11)13-16-10(8)12-6-2-3-7-4-5-7/h7,12H,2-6H2,1H3,(H2,11,13). The highest BCUT2D eigenvalue weighted by atomic mass is 32.2. The van der Waals surface area contributed by atoms with Crippen molar-refractivity contribution < 1.29 is 8.42 Å². The Morgan fingerprint density at radius 2 is 2.24 bits per heavy atom. The van der Waals surface area contributed by atoms with Crippen molar-refractivity contribution in [1.82, 2.24) is 4.37 Å². The number of hydrogen-bond acceptors (Lipinski definition) is 6. The minimum absolute atomic E-state index is 0.0993. The van der Waals surface area contributed by atoms with Crippen LogP contribution in [-0.2, 0) is 9.84 Å². The van der Waals surface area contributed by atoms with Crippen molar-refractivity contribution in [2.45, 2.75) is 30.6 Å². The van der Waals surface area contributed by atoms with Gasteiger partial charge in [0.1, 0.15) is 9.90 Å². The molecule has 0 aromatic carbocycles. The van der Waals surface area contributed by atoms with Gasteiger partial charge in [-0.15, -0.1) is 0 Å². The monoisotopic (exact) mass is 275 g/mol. The molecular weight excluding hydrogens is 258 g/mol. The summed E-state index contributed by atoms with van der Waals surface area (Å²) in [5.74, 6) is 1.000. The van der Waals surface area contributed by atoms with Crippen LogP contribution in [0.4, 0.5) is 10.8 Å². The van der Waals surface area contributed by atoms with E-state index in [9.17, 15) is 8.42 Å². The summed E-state index contributed by atoms with van der Waals surface area (Å²) in [6, 6.07) is 0. The van der Waals surface area contributed by atoms with E-state index in [1.807, 2.05) is 0 Å². The van der Waals surface area contributed by atoms with Crippen LogP contribution < -0.4 is 11.1 Å². The lowest BCUT2D eigenvalue weighted by molar-refractivity contribution is 0.602. The molecule has 0 amide bonds. The predicted octanol–water partition coefficient (Wildman–Crippen LogP) is 1.73. The van der Waals surface area contributed by atoms with Gasteiger partial charge in [-0.1, -0.05) is 12.8 Å². The van der Waals surface area contributed by atoms with Crippen LogP contribution in [0.25, 0.3) is 0 Å². The van der Waals surface area contributed by atoms with Gasteiger partial charge in [-0.25, -0.2) is 8.42 Å². The number of anilines is 2. The average Bonchev–Trinajstić information content (AvgIpc) is 2.95. The number of nitrogens with one attached hydrogen (secondary N) is 1. The third-order valence-electron chi connectivity index (χ3n) is 2.82. The normalized spacial score (nSPS) is 16.1. The molecule has 1 aromatic heterocycles. The van der Waals surface area contributed by atoms with Gasteiger partial charge in [-0.05, 0) is 30.3 Å². The number of nitrogens with zero attached hydrogens (tertiary/aromatic N) is 1. The van der Waals surface area contributed by atoms with Crippen LogP contribution >= 0.6 is 11.5 Å². The van der Waals surface area contributed by atoms with Crippen LogP contribution in [0.3, 0.4) is 0 Å². The summed E-state index contributed by atoms with van der Waals surface area (Å²) in [4.78, 5) is 0.147. The SMILES string of the molecule is CS(=O)(=O)c1c(N)nsc1NCCCC1CC1. The highest BCUT2D eigenvalue weighted by Gasteiger charge is 2.22. The molecule has 0 unspecified atom stereocenters. The van der Waals surface area contributed by atoms with Gasteiger partial charge in [0, 0.05) is 12.8 Å². The molecule has 1 aliphatic rings. The van der Waals surface area contributed by atoms with E-state index in [-0.39, 0.29) is 10.7 Å². The van der Waals surface area contributed by atoms with E-state index >= 15 is 0 Å². The summed E-state index contributed by atoms with van der Waals surface area (Å²) in [7, 11) is -3.30. The molecule has 0 spiro atoms. The van der Waals surface area contributed by atoms with Gasteiger partial charge < -0.3 is 11.1 Å². The second-order valence-corrected chi connectivity index (χ2v) is 7.24. The molecule has 0 saturated heterocycles. The Kier molecular flexibility index (Phi) is 3.58. The van der Waals surface area contributed by atoms with Crippen molar-refractivity contribution in [2.24, 2.45) is 5.92 Å². The van der Waals surface area contributed by atoms with Crippen molar-refractivity contribution in [3.05, 3.63) is 0 Å². The topological polar surface area (TPSA) is 85.1 Å². The molecule has 1 heterocycles. The molecule has 1 aliphatic carbocycles. The minimum atomic E-state index is -3.30. The molecule has 0 bridgehead atoms. The second kappa shape index (κ2) is 4.81. The fraction of sp³-hybridized carbons (Fsp3) is 0.700. The Bertz CT molecular complexity index is 492. The van der Waals surface area contributed by atoms with Crippen LogP contribution in [0.2, 0.25) is 0 Å². The summed E-state index contributed by atoms with van der Waals surface area (Å²) < 4.78 is 27.0. The first-order valence-corrected chi connectivity index (χ1v) is 8.34. The molecule has 3 N–H and O–H groups in total. The predicted molar refractivity (Wildman–Crippen MR) is 70.1 cm³/mol. The van der Waals surface area contributed by atoms with Gasteiger partial charge in [0.2, 0.25) is 0 Å². The fourth-order valence-corrected chi connectivity index (χ4v) is 3.86. The molecule has 2 rings (SSSR count). The van der Waals surface area contributed by atoms with Gasteiger partial charge in [0.15, 0.2) is 15.7 Å². The van der Waals surface area contributed by atoms with Crippen molar-refractivity contribution >= 4 is 32.2 Å². The van der Waals surface area contributed by atoms with Gasteiger partial charge in [-0.3, -0.25) is 0 Å². The molecule has 0 atom stereocenters. The van der Waals surface area contributed by atoms with Crippen molar-refractivity contribution in [1.29, 1.82) is 0 Å². The van der Waals surface area contributed by atoms with Crippen LogP contribution in [0.5, 0.6) is 0 Å². The lowest BCUT2D eigenvalue weighted by atomic mass is 10.2. The first-order valence-electron chi connectivity index (χ1n) is 5.67. The Morgan fingerprint density at radius 3 is 2.82 bits per heavy atom. The molecule has 0 radical (unpaired) electrons. The van der Waals surface area contributed by atoms with E-state index in [1.165, 1.54) is 19.3 Å². The molecule has 96 valence electrons. The Morgan fingerprint density at radius 1 is 1.53 bits per heavy atom. The van der Waals surface area contributed by atoms with Crippen molar-refractivity contribution in [3.63, 3.8) is 0 Å². The van der Waals surface area contributed by atoms with E-state index in [1.54, 1.807) is 0 Å². The molecule has 17 heavy (non-hydrogen) atoms. The summed E-state index contributed by atoms with van der Waals surface area (Å²) in [5, 5.41) is 3.69. The number of rotatable bonds is 6. The maximum absolute atomic E-state index is 11.5. The number of hydrogen-bond donors (Lipinski definition) is 2. The smallest absolute Gasteiger partial charge is 0.182 e. The van der Waals surface area contributed by atoms with E-state index in [0.717, 1.165) is 36.7 Å². The van der Waals surface area contributed by atoms with Crippen LogP contribution in [-0.4, -0.2) is 25.6 Å². The molecule has 7 heteroatoms. The molecule has 1 aromatic rings. The maximum Gasteiger partial charge on any atom is 0.182 e. The molecule has 5 nitrogen and oxygen atoms in total. The molecule has 1 fully saturated rings. The van der Waals surface area contributed by atoms with Crippen LogP contribution in [0.1, 0.15) is 25.7 Å². The van der Waals surface area contributed by atoms with Gasteiger partial charge in [0.25, 0.3) is 0 Å². The summed E-state index contributed by atoms with van der Waals surface area (Å²) in [5.41, 5.74) is 5.57. The van der Waals surface area contributed by atoms with Crippen LogP contribution in [0.15, 0.2) is 4.90 Å².